The van der Waals surface area contributed by atoms with Crippen molar-refractivity contribution in [3.05, 3.63) is 92.4 Å². The number of terminal acetylenes is 1. The molecule has 136 heavy (non-hydrogen) atoms. The van der Waals surface area contributed by atoms with Gasteiger partial charge in [-0.2, -0.15) is 24.7 Å². The van der Waals surface area contributed by atoms with Gasteiger partial charge in [0.15, 0.2) is 92.6 Å². The molecule has 9 aliphatic rings. The van der Waals surface area contributed by atoms with Crippen LogP contribution >= 0.6 is 76.2 Å². The lowest BCUT2D eigenvalue weighted by Crippen LogP contribution is -2.47. The lowest BCUT2D eigenvalue weighted by Gasteiger charge is -2.33. The zero-order valence-corrected chi connectivity index (χ0v) is 79.7. The van der Waals surface area contributed by atoms with Crippen molar-refractivity contribution in [3.63, 3.8) is 0 Å². The van der Waals surface area contributed by atoms with Crippen LogP contribution in [0.25, 0.3) is 61.5 Å². The average Bonchev–Trinajstić information content (AvgIpc) is 1.59. The number of rotatable bonds is 6. The number of thiol groups is 1. The first-order chi connectivity index (χ1) is 64.4. The molecule has 0 aromatic carbocycles. The smallest absolute Gasteiger partial charge is 0.386 e. The second kappa shape index (κ2) is 37.1. The number of imidazole rings is 3. The molecular weight excluding hydrogens is 2090 g/mol. The van der Waals surface area contributed by atoms with Gasteiger partial charge in [-0.25, -0.2) is 52.1 Å². The standard InChI is InChI=1S/C23H24FN9O10P2S2.C20H24N10O9P2S3.C19H22FN11O9P2S3/c1-2-23-6-39-45(37,47)42-15-11(24)10(40-21(15)33-8-29-13-18(33)30-22(26)31-19(13)35)5-38-44(36,46)43-16(23)14(34)20(41-23)32-7-28-12-9(25)3-4-27-17(12)32;21-7-1-2-24-29-8(4-23-16(7)29)9-3-10-11(37-9)5-35-41(34,43)39-15-14(31)12(6-36-40(33,42)38-10)44-19(15)30-17-13(27-28-30)18(32)26-20(22)25-17;20-8-12-6(38-17(8)30-14-9(26-28-30)5(21)1-2-23-14)3-36-41(34,43)40-13-11(32)7(4-37-42(35,44)39-12)45-18(13)31-15-10(27-29-31)16(33)25-19(22)24-15/h1,3-4,7-8,10-11,14-16,20-21,34H,5-6H2,(H2,25,27)(H,36,46)(H,37,47)(H3,26,30,31,35);1-2,4,9-12,14-15,19,31H,3,5-6,21H2,(H,33,42)(H,34,43)(H3,22,25,26,32);1-2,6-8,11-13,17-18,32H,3-4H2,(H2,21,23)(H,34,43)(H,35,44)(H3,22,24,25,33)/t10-,11+,14-,15-,16+,20-,21-,23-,44?,45?;9-,10+,11-,12-,14-,15-,19-,40?,41?;6-,7-,8+,11-,12-,13-,17-,18-,41?,42?/m111/s1. The third kappa shape index (κ3) is 18.8. The number of ether oxygens (including phenoxy) is 4. The molecular formula is C62H70F2N30O28P6S8. The van der Waals surface area contributed by atoms with E-state index in [4.69, 9.17) is 173 Å². The fraction of sp³-hybridized carbons (Fsp3) is 0.484. The minimum absolute atomic E-state index is 0.00637. The summed E-state index contributed by atoms with van der Waals surface area (Å²) >= 11 is 32.4. The number of nitrogens with two attached hydrogens (primary N) is 6. The van der Waals surface area contributed by atoms with Gasteiger partial charge in [0.1, 0.15) is 77.3 Å². The number of alkyl halides is 2. The van der Waals surface area contributed by atoms with E-state index in [1.165, 1.54) is 50.8 Å². The maximum atomic E-state index is 16.0. The average molecular weight is 2160 g/mol. The van der Waals surface area contributed by atoms with E-state index < -0.39 is 221 Å². The van der Waals surface area contributed by atoms with Crippen molar-refractivity contribution >= 4 is 232 Å². The number of aliphatic hydroxyl groups is 3. The third-order valence-electron chi connectivity index (χ3n) is 22.1. The second-order valence-electron chi connectivity index (χ2n) is 30.7. The molecule has 12 aromatic rings. The summed E-state index contributed by atoms with van der Waals surface area (Å²) in [4.78, 5) is 133. The van der Waals surface area contributed by atoms with E-state index in [1.807, 2.05) is 0 Å². The molecule has 9 saturated heterocycles. The predicted octanol–water partition coefficient (Wildman–Crippen LogP) is -1.24. The van der Waals surface area contributed by atoms with Gasteiger partial charge in [-0.05, 0) is 77.2 Å². The molecule has 0 aliphatic carbocycles. The monoisotopic (exact) mass is 2160 g/mol. The highest BCUT2D eigenvalue weighted by Gasteiger charge is 2.61. The fourth-order valence-corrected chi connectivity index (χ4v) is 27.8. The zero-order valence-electron chi connectivity index (χ0n) is 67.8. The van der Waals surface area contributed by atoms with Gasteiger partial charge < -0.3 is 120 Å². The summed E-state index contributed by atoms with van der Waals surface area (Å²) in [6.45, 7) is -28.7. The van der Waals surface area contributed by atoms with Crippen LogP contribution in [0.4, 0.5) is 43.7 Å². The number of hydrogen-bond acceptors (Lipinski definition) is 51. The van der Waals surface area contributed by atoms with Crippen molar-refractivity contribution in [2.45, 2.75) is 144 Å². The Kier molecular flexibility index (Phi) is 26.5. The van der Waals surface area contributed by atoms with Crippen molar-refractivity contribution in [3.8, 4) is 12.3 Å². The van der Waals surface area contributed by atoms with Crippen LogP contribution in [0.3, 0.4) is 0 Å². The van der Waals surface area contributed by atoms with Crippen LogP contribution < -0.4 is 51.1 Å². The highest BCUT2D eigenvalue weighted by atomic mass is 32.7. The van der Waals surface area contributed by atoms with E-state index in [0.29, 0.717) is 28.2 Å². The van der Waals surface area contributed by atoms with Gasteiger partial charge in [0.05, 0.1) is 116 Å². The molecule has 74 heteroatoms. The second-order valence-corrected chi connectivity index (χ2v) is 50.3. The Balaban J connectivity index is 0.000000131. The van der Waals surface area contributed by atoms with Gasteiger partial charge in [0.25, 0.3) is 16.7 Å². The minimum Gasteiger partial charge on any atom is -0.397 e. The van der Waals surface area contributed by atoms with Gasteiger partial charge in [0, 0.05) is 18.8 Å². The van der Waals surface area contributed by atoms with Crippen LogP contribution in [-0.2, 0) is 137 Å². The summed E-state index contributed by atoms with van der Waals surface area (Å²) in [6.07, 6.45) is -11.4. The largest absolute Gasteiger partial charge is 0.397 e. The van der Waals surface area contributed by atoms with Crippen molar-refractivity contribution in [2.75, 3.05) is 74.0 Å². The number of aromatic amines is 3. The summed E-state index contributed by atoms with van der Waals surface area (Å²) in [5, 5.41) is 58.1. The Bertz CT molecular complexity index is 7280. The summed E-state index contributed by atoms with van der Waals surface area (Å²) in [5.74, 6) is 1.67. The Morgan fingerprint density at radius 3 is 1.62 bits per heavy atom. The molecule has 21 rings (SSSR count). The van der Waals surface area contributed by atoms with Gasteiger partial charge in [0.2, 0.25) is 17.8 Å². The van der Waals surface area contributed by atoms with E-state index in [2.05, 4.69) is 109 Å². The number of hydrogen-bond donors (Lipinski definition) is 18. The highest BCUT2D eigenvalue weighted by Crippen LogP contribution is 2.63. The van der Waals surface area contributed by atoms with Crippen LogP contribution in [0.15, 0.2) is 70.0 Å². The molecule has 6 bridgehead atoms. The topological polar surface area (TPSA) is 804 Å². The minimum atomic E-state index is -4.45. The molecule has 58 nitrogen and oxygen atoms in total. The lowest BCUT2D eigenvalue weighted by atomic mass is 9.97. The van der Waals surface area contributed by atoms with Crippen LogP contribution in [0.1, 0.15) is 47.7 Å². The third-order valence-corrected chi connectivity index (χ3v) is 34.5. The summed E-state index contributed by atoms with van der Waals surface area (Å²) in [6, 6.07) is 4.63. The molecule has 23 N–H and O–H groups in total. The molecule has 9 fully saturated rings. The summed E-state index contributed by atoms with van der Waals surface area (Å²) in [5.41, 5.74) is 33.2. The first-order valence-corrected chi connectivity index (χ1v) is 56.7. The first-order valence-electron chi connectivity index (χ1n) is 39.2. The van der Waals surface area contributed by atoms with Crippen LogP contribution in [0, 0.1) is 12.3 Å². The quantitative estimate of drug-likeness (QED) is 0.0526. The number of thioether (sulfide) groups is 2. The zero-order chi connectivity index (χ0) is 96.3. The SMILES string of the molecule is C#C[C@@]12COP(O)(=S)O[C@@H]3[C@@H](F)[C@@H](COP(O)(=S)O[C@H]1[C@@H](O)[C@H](n1cnc4c(N)ccnc41)O2)O[C@H]3n1cnc2c(=O)[nH]c(N)nc21.Nc1nc2c(nnn2[C@@H]2S[C@@H]3COP(=O)(S)O[C@H]4[C@H](F)[C@H](n5nnc6c(N)ccnc65)O[C@@H]4COP(O)(=S)O[C@@H]2[C@@H]3O)c(=O)[nH]1.Nc1nc2c(nnn2[C@@H]2S[C@@H]3COP(O)(=S)O[C@H]4C[C@H](c5cnc6c(N)ccnn56)O[C@@H]4COP(O)(=S)O[C@@H]2[C@@H]3O)c(=O)[nH]1. The lowest BCUT2D eigenvalue weighted by molar-refractivity contribution is -0.0912. The maximum Gasteiger partial charge on any atom is 0.386 e. The Hall–Kier alpha value is -7.51. The molecule has 728 valence electrons. The van der Waals surface area contributed by atoms with Crippen molar-refractivity contribution in [1.29, 1.82) is 0 Å². The van der Waals surface area contributed by atoms with Crippen molar-refractivity contribution < 1.29 is 126 Å². The van der Waals surface area contributed by atoms with Gasteiger partial charge >= 0.3 is 40.4 Å². The normalized spacial score (nSPS) is 37.4. The van der Waals surface area contributed by atoms with Gasteiger partial charge in [-0.3, -0.25) is 65.6 Å². The van der Waals surface area contributed by atoms with Gasteiger partial charge in [-0.15, -0.1) is 45.2 Å². The van der Waals surface area contributed by atoms with Crippen LogP contribution in [-0.4, -0.2) is 300 Å². The molecule has 6 unspecified atom stereocenters. The number of anilines is 6. The summed E-state index contributed by atoms with van der Waals surface area (Å²) in [7, 11) is 0. The maximum absolute atomic E-state index is 16.0. The molecule has 0 saturated carbocycles. The molecule has 0 amide bonds. The van der Waals surface area contributed by atoms with Crippen molar-refractivity contribution in [2.24, 2.45) is 0 Å². The van der Waals surface area contributed by atoms with E-state index in [0.717, 1.165) is 43.8 Å². The van der Waals surface area contributed by atoms with E-state index in [1.54, 1.807) is 12.3 Å². The number of nitrogens with one attached hydrogen (secondary N) is 3. The van der Waals surface area contributed by atoms with E-state index >= 15 is 8.78 Å². The molecule has 0 radical (unpaired) electrons. The Morgan fingerprint density at radius 2 is 1.00 bits per heavy atom. The number of aromatic nitrogens is 24. The van der Waals surface area contributed by atoms with E-state index in [-0.39, 0.29) is 93.5 Å². The highest BCUT2D eigenvalue weighted by molar-refractivity contribution is 8.44. The van der Waals surface area contributed by atoms with Crippen LogP contribution in [0.5, 0.6) is 0 Å². The summed E-state index contributed by atoms with van der Waals surface area (Å²) < 4.78 is 145. The molecule has 21 heterocycles. The molecule has 29 atom stereocenters. The van der Waals surface area contributed by atoms with Crippen molar-refractivity contribution in [1.82, 2.24) is 119 Å². The number of aliphatic hydroxyl groups excluding tert-OH is 3. The molecule has 12 aromatic heterocycles. The van der Waals surface area contributed by atoms with E-state index in [9.17, 15) is 58.7 Å². The predicted molar refractivity (Wildman–Crippen MR) is 487 cm³/mol. The first kappa shape index (κ1) is 97.3. The number of halogens is 2. The number of pyridine rings is 2. The number of fused-ring (bicyclic) bond motifs is 15. The number of nitrogen functional groups attached to an aromatic ring is 6. The molecule has 0 spiro atoms. The van der Waals surface area contributed by atoms with Crippen LogP contribution in [0.2, 0.25) is 0 Å². The molecule has 9 aliphatic heterocycles. The number of nitrogens with zero attached hydrogens (tertiary/aromatic N) is 21. The number of H-pyrrole nitrogens is 3. The Labute approximate surface area is 793 Å². The fourth-order valence-electron chi connectivity index (χ4n) is 15.9. The Morgan fingerprint density at radius 1 is 0.500 bits per heavy atom. The van der Waals surface area contributed by atoms with Gasteiger partial charge in [-0.1, -0.05) is 33.8 Å².